The molecule has 90 valence electrons. The molecule has 0 unspecified atom stereocenters. The molecule has 0 aromatic heterocycles. The van der Waals surface area contributed by atoms with Gasteiger partial charge in [-0.15, -0.1) is 12.4 Å². The highest BCUT2D eigenvalue weighted by Crippen LogP contribution is 2.24. The van der Waals surface area contributed by atoms with Crippen molar-refractivity contribution in [3.05, 3.63) is 0 Å². The first kappa shape index (κ1) is 13.2. The smallest absolute Gasteiger partial charge is 0.0644 e. The molecule has 2 saturated heterocycles. The third-order valence-electron chi connectivity index (χ3n) is 3.70. The van der Waals surface area contributed by atoms with E-state index in [4.69, 9.17) is 0 Å². The largest absolute Gasteiger partial charge is 0.390 e. The molecule has 0 aliphatic carbocycles. The summed E-state index contributed by atoms with van der Waals surface area (Å²) in [7, 11) is 0. The summed E-state index contributed by atoms with van der Waals surface area (Å²) < 4.78 is 0. The maximum Gasteiger partial charge on any atom is 0.0644 e. The average molecular weight is 235 g/mol. The molecule has 0 atom stereocenters. The van der Waals surface area contributed by atoms with E-state index in [1.165, 1.54) is 12.8 Å². The van der Waals surface area contributed by atoms with Crippen molar-refractivity contribution in [3.63, 3.8) is 0 Å². The van der Waals surface area contributed by atoms with E-state index < -0.39 is 5.60 Å². The van der Waals surface area contributed by atoms with Gasteiger partial charge in [0.2, 0.25) is 0 Å². The lowest BCUT2D eigenvalue weighted by molar-refractivity contribution is -0.0198. The first-order valence-corrected chi connectivity index (χ1v) is 5.84. The van der Waals surface area contributed by atoms with Crippen molar-refractivity contribution < 1.29 is 5.11 Å². The highest BCUT2D eigenvalue weighted by atomic mass is 35.5. The Hall–Kier alpha value is 0.170. The Morgan fingerprint density at radius 1 is 1.20 bits per heavy atom. The molecule has 15 heavy (non-hydrogen) atoms. The quantitative estimate of drug-likeness (QED) is 0.711. The Balaban J connectivity index is 0.00000112. The molecule has 2 heterocycles. The van der Waals surface area contributed by atoms with E-state index in [1.807, 2.05) is 6.92 Å². The van der Waals surface area contributed by atoms with Crippen LogP contribution in [-0.2, 0) is 0 Å². The van der Waals surface area contributed by atoms with Crippen LogP contribution in [0.15, 0.2) is 0 Å². The lowest BCUT2D eigenvalue weighted by Gasteiger charge is -2.41. The van der Waals surface area contributed by atoms with Crippen molar-refractivity contribution in [3.8, 4) is 0 Å². The van der Waals surface area contributed by atoms with Crippen LogP contribution in [0.3, 0.4) is 0 Å². The maximum absolute atomic E-state index is 9.85. The fraction of sp³-hybridized carbons (Fsp3) is 1.00. The van der Waals surface area contributed by atoms with Crippen LogP contribution in [0.5, 0.6) is 0 Å². The molecule has 2 aliphatic rings. The number of piperidine rings is 2. The van der Waals surface area contributed by atoms with Crippen molar-refractivity contribution in [1.29, 1.82) is 0 Å². The molecule has 0 bridgehead atoms. The van der Waals surface area contributed by atoms with Gasteiger partial charge in [0.1, 0.15) is 0 Å². The van der Waals surface area contributed by atoms with Gasteiger partial charge in [-0.25, -0.2) is 0 Å². The molecule has 0 aromatic rings. The Morgan fingerprint density at radius 2 is 1.73 bits per heavy atom. The summed E-state index contributed by atoms with van der Waals surface area (Å²) >= 11 is 0. The molecule has 3 nitrogen and oxygen atoms in total. The highest BCUT2D eigenvalue weighted by Gasteiger charge is 2.30. The van der Waals surface area contributed by atoms with Crippen LogP contribution in [-0.4, -0.2) is 47.8 Å². The third-order valence-corrected chi connectivity index (χ3v) is 3.70. The molecule has 0 radical (unpaired) electrons. The lowest BCUT2D eigenvalue weighted by Crippen LogP contribution is -2.50. The number of rotatable bonds is 1. The summed E-state index contributed by atoms with van der Waals surface area (Å²) in [6.07, 6.45) is 4.44. The van der Waals surface area contributed by atoms with Crippen molar-refractivity contribution in [2.24, 2.45) is 0 Å². The van der Waals surface area contributed by atoms with E-state index in [1.54, 1.807) is 0 Å². The van der Waals surface area contributed by atoms with E-state index in [0.717, 1.165) is 45.1 Å². The van der Waals surface area contributed by atoms with E-state index >= 15 is 0 Å². The first-order valence-electron chi connectivity index (χ1n) is 5.84. The van der Waals surface area contributed by atoms with E-state index in [-0.39, 0.29) is 12.4 Å². The second-order valence-electron chi connectivity index (χ2n) is 5.01. The number of halogens is 1. The number of nitrogens with zero attached hydrogens (tertiary/aromatic N) is 1. The Labute approximate surface area is 98.6 Å². The second-order valence-corrected chi connectivity index (χ2v) is 5.01. The molecule has 2 N–H and O–H groups in total. The molecule has 2 rings (SSSR count). The fourth-order valence-electron chi connectivity index (χ4n) is 2.54. The summed E-state index contributed by atoms with van der Waals surface area (Å²) in [6.45, 7) is 6.46. The zero-order chi connectivity index (χ0) is 10.0. The number of aliphatic hydroxyl groups is 1. The summed E-state index contributed by atoms with van der Waals surface area (Å²) in [5, 5.41) is 13.2. The van der Waals surface area contributed by atoms with Gasteiger partial charge in [0, 0.05) is 19.1 Å². The van der Waals surface area contributed by atoms with Gasteiger partial charge < -0.3 is 15.3 Å². The molecule has 0 amide bonds. The minimum Gasteiger partial charge on any atom is -0.390 e. The van der Waals surface area contributed by atoms with E-state index in [9.17, 15) is 5.11 Å². The number of nitrogens with one attached hydrogen (secondary N) is 1. The van der Waals surface area contributed by atoms with E-state index in [2.05, 4.69) is 10.2 Å². The SMILES string of the molecule is CC1(O)CCN(C2CCNCC2)CC1.Cl. The molecule has 0 aromatic carbocycles. The Kier molecular flexibility index (Phi) is 4.84. The van der Waals surface area contributed by atoms with Crippen molar-refractivity contribution in [2.75, 3.05) is 26.2 Å². The summed E-state index contributed by atoms with van der Waals surface area (Å²) in [5.74, 6) is 0. The van der Waals surface area contributed by atoms with Crippen LogP contribution in [0.1, 0.15) is 32.6 Å². The fourth-order valence-corrected chi connectivity index (χ4v) is 2.54. The maximum atomic E-state index is 9.85. The van der Waals surface area contributed by atoms with Crippen molar-refractivity contribution in [1.82, 2.24) is 10.2 Å². The van der Waals surface area contributed by atoms with Crippen molar-refractivity contribution in [2.45, 2.75) is 44.2 Å². The summed E-state index contributed by atoms with van der Waals surface area (Å²) in [6, 6.07) is 0.771. The van der Waals surface area contributed by atoms with Crippen molar-refractivity contribution >= 4 is 12.4 Å². The Morgan fingerprint density at radius 3 is 2.27 bits per heavy atom. The normalized spacial score (nSPS) is 28.4. The highest BCUT2D eigenvalue weighted by molar-refractivity contribution is 5.85. The van der Waals surface area contributed by atoms with Crippen LogP contribution < -0.4 is 5.32 Å². The summed E-state index contributed by atoms with van der Waals surface area (Å²) in [4.78, 5) is 2.57. The third kappa shape index (κ3) is 3.59. The first-order chi connectivity index (χ1) is 6.67. The number of hydrogen-bond donors (Lipinski definition) is 2. The zero-order valence-corrected chi connectivity index (χ0v) is 10.4. The molecule has 0 saturated carbocycles. The minimum atomic E-state index is -0.399. The predicted molar refractivity (Wildman–Crippen MR) is 64.6 cm³/mol. The standard InChI is InChI=1S/C11H22N2O.ClH/c1-11(14)4-8-13(9-5-11)10-2-6-12-7-3-10;/h10,12,14H,2-9H2,1H3;1H. The van der Waals surface area contributed by atoms with Crippen LogP contribution >= 0.6 is 12.4 Å². The van der Waals surface area contributed by atoms with Gasteiger partial charge in [-0.05, 0) is 45.7 Å². The minimum absolute atomic E-state index is 0. The van der Waals surface area contributed by atoms with Gasteiger partial charge in [-0.1, -0.05) is 0 Å². The number of likely N-dealkylation sites (tertiary alicyclic amines) is 1. The Bertz CT molecular complexity index is 183. The van der Waals surface area contributed by atoms with Crippen LogP contribution in [0, 0.1) is 0 Å². The lowest BCUT2D eigenvalue weighted by atomic mass is 9.91. The second kappa shape index (κ2) is 5.48. The van der Waals surface area contributed by atoms with Gasteiger partial charge in [0.05, 0.1) is 5.60 Å². The predicted octanol–water partition coefficient (Wildman–Crippen LogP) is 1.01. The van der Waals surface area contributed by atoms with Gasteiger partial charge in [-0.2, -0.15) is 0 Å². The molecule has 4 heteroatoms. The van der Waals surface area contributed by atoms with Gasteiger partial charge in [0.15, 0.2) is 0 Å². The monoisotopic (exact) mass is 234 g/mol. The molecule has 2 aliphatic heterocycles. The molecular weight excluding hydrogens is 212 g/mol. The number of hydrogen-bond acceptors (Lipinski definition) is 3. The van der Waals surface area contributed by atoms with Crippen LogP contribution in [0.4, 0.5) is 0 Å². The van der Waals surface area contributed by atoms with Crippen LogP contribution in [0.2, 0.25) is 0 Å². The van der Waals surface area contributed by atoms with Gasteiger partial charge in [-0.3, -0.25) is 0 Å². The topological polar surface area (TPSA) is 35.5 Å². The molecule has 0 spiro atoms. The van der Waals surface area contributed by atoms with E-state index in [0.29, 0.717) is 0 Å². The van der Waals surface area contributed by atoms with Crippen LogP contribution in [0.25, 0.3) is 0 Å². The zero-order valence-electron chi connectivity index (χ0n) is 9.54. The molecule has 2 fully saturated rings. The summed E-state index contributed by atoms with van der Waals surface area (Å²) in [5.41, 5.74) is -0.399. The average Bonchev–Trinajstić information content (AvgIpc) is 2.19. The van der Waals surface area contributed by atoms with Gasteiger partial charge in [0.25, 0.3) is 0 Å². The van der Waals surface area contributed by atoms with Gasteiger partial charge >= 0.3 is 0 Å². The molecular formula is C11H23ClN2O.